The molecule has 1 rings (SSSR count). The van der Waals surface area contributed by atoms with Crippen LogP contribution in [0.2, 0.25) is 5.02 Å². The molecule has 1 aromatic rings. The van der Waals surface area contributed by atoms with Crippen LogP contribution < -0.4 is 5.32 Å². The minimum atomic E-state index is -0.0856. The third-order valence-electron chi connectivity index (χ3n) is 2.20. The molecule has 0 aliphatic carbocycles. The average Bonchev–Trinajstić information content (AvgIpc) is 2.29. The summed E-state index contributed by atoms with van der Waals surface area (Å²) in [6.07, 6.45) is 5.06. The average molecular weight is 251 g/mol. The standard InChI is InChI=1S/C13H15ClN2O/c1-3-8-15-13(17)10-16(2)9-11-6-4-5-7-12(11)14/h1,4-7H,8-10H2,2H3,(H,15,17). The Morgan fingerprint density at radius 3 is 2.88 bits per heavy atom. The van der Waals surface area contributed by atoms with E-state index in [4.69, 9.17) is 18.0 Å². The van der Waals surface area contributed by atoms with Crippen LogP contribution in [-0.2, 0) is 11.3 Å². The summed E-state index contributed by atoms with van der Waals surface area (Å²) in [4.78, 5) is 13.3. The fourth-order valence-corrected chi connectivity index (χ4v) is 1.62. The lowest BCUT2D eigenvalue weighted by molar-refractivity contribution is -0.121. The molecule has 0 fully saturated rings. The van der Waals surface area contributed by atoms with E-state index in [2.05, 4.69) is 11.2 Å². The van der Waals surface area contributed by atoms with Crippen LogP contribution in [0.3, 0.4) is 0 Å². The molecule has 17 heavy (non-hydrogen) atoms. The first-order chi connectivity index (χ1) is 8.13. The highest BCUT2D eigenvalue weighted by atomic mass is 35.5. The molecule has 1 amide bonds. The van der Waals surface area contributed by atoms with Crippen LogP contribution in [0.15, 0.2) is 24.3 Å². The second kappa shape index (κ2) is 6.95. The summed E-state index contributed by atoms with van der Waals surface area (Å²) in [5.74, 6) is 2.27. The molecule has 0 bridgehead atoms. The lowest BCUT2D eigenvalue weighted by atomic mass is 10.2. The van der Waals surface area contributed by atoms with Gasteiger partial charge in [-0.15, -0.1) is 6.42 Å². The van der Waals surface area contributed by atoms with Gasteiger partial charge >= 0.3 is 0 Å². The highest BCUT2D eigenvalue weighted by Crippen LogP contribution is 2.16. The molecule has 0 radical (unpaired) electrons. The van der Waals surface area contributed by atoms with E-state index < -0.39 is 0 Å². The molecule has 1 aromatic carbocycles. The van der Waals surface area contributed by atoms with Crippen molar-refractivity contribution in [1.82, 2.24) is 10.2 Å². The zero-order valence-electron chi connectivity index (χ0n) is 9.74. The first kappa shape index (κ1) is 13.6. The number of hydrogen-bond donors (Lipinski definition) is 1. The van der Waals surface area contributed by atoms with E-state index >= 15 is 0 Å². The summed E-state index contributed by atoms with van der Waals surface area (Å²) in [6.45, 7) is 1.19. The largest absolute Gasteiger partial charge is 0.344 e. The normalized spacial score (nSPS) is 10.0. The molecule has 0 atom stereocenters. The van der Waals surface area contributed by atoms with Gasteiger partial charge < -0.3 is 5.32 Å². The number of likely N-dealkylation sites (N-methyl/N-ethyl adjacent to an activating group) is 1. The van der Waals surface area contributed by atoms with Crippen LogP contribution >= 0.6 is 11.6 Å². The third-order valence-corrected chi connectivity index (χ3v) is 2.57. The molecule has 0 heterocycles. The lowest BCUT2D eigenvalue weighted by Gasteiger charge is -2.16. The van der Waals surface area contributed by atoms with Crippen molar-refractivity contribution in [3.63, 3.8) is 0 Å². The number of halogens is 1. The summed E-state index contributed by atoms with van der Waals surface area (Å²) in [6, 6.07) is 7.58. The maximum atomic E-state index is 11.4. The van der Waals surface area contributed by atoms with Gasteiger partial charge in [0.1, 0.15) is 0 Å². The highest BCUT2D eigenvalue weighted by molar-refractivity contribution is 6.31. The second-order valence-electron chi connectivity index (χ2n) is 3.74. The first-order valence-electron chi connectivity index (χ1n) is 5.25. The molecule has 0 saturated heterocycles. The number of rotatable bonds is 5. The minimum absolute atomic E-state index is 0.0856. The molecule has 1 N–H and O–H groups in total. The van der Waals surface area contributed by atoms with Gasteiger partial charge in [-0.25, -0.2) is 0 Å². The molecular formula is C13H15ClN2O. The van der Waals surface area contributed by atoms with Crippen LogP contribution in [0.1, 0.15) is 5.56 Å². The number of amides is 1. The Balaban J connectivity index is 2.45. The summed E-state index contributed by atoms with van der Waals surface area (Å²) in [5.41, 5.74) is 1.00. The second-order valence-corrected chi connectivity index (χ2v) is 4.15. The fraction of sp³-hybridized carbons (Fsp3) is 0.308. The Bertz CT molecular complexity index is 426. The van der Waals surface area contributed by atoms with E-state index in [0.29, 0.717) is 18.1 Å². The Labute approximate surface area is 107 Å². The van der Waals surface area contributed by atoms with Crippen LogP contribution in [-0.4, -0.2) is 30.9 Å². The Kier molecular flexibility index (Phi) is 5.55. The highest BCUT2D eigenvalue weighted by Gasteiger charge is 2.07. The molecule has 0 aliphatic rings. The molecule has 3 nitrogen and oxygen atoms in total. The summed E-state index contributed by atoms with van der Waals surface area (Å²) in [7, 11) is 1.86. The number of nitrogens with one attached hydrogen (secondary N) is 1. The topological polar surface area (TPSA) is 32.3 Å². The van der Waals surface area contributed by atoms with Crippen molar-refractivity contribution >= 4 is 17.5 Å². The van der Waals surface area contributed by atoms with Crippen molar-refractivity contribution in [2.45, 2.75) is 6.54 Å². The quantitative estimate of drug-likeness (QED) is 0.804. The molecule has 0 aromatic heterocycles. The maximum Gasteiger partial charge on any atom is 0.234 e. The third kappa shape index (κ3) is 4.90. The van der Waals surface area contributed by atoms with Gasteiger partial charge in [0.25, 0.3) is 0 Å². The van der Waals surface area contributed by atoms with Gasteiger partial charge in [0.05, 0.1) is 13.1 Å². The molecule has 0 spiro atoms. The SMILES string of the molecule is C#CCNC(=O)CN(C)Cc1ccccc1Cl. The molecule has 0 unspecified atom stereocenters. The van der Waals surface area contributed by atoms with E-state index in [9.17, 15) is 4.79 Å². The predicted octanol–water partition coefficient (Wildman–Crippen LogP) is 1.52. The van der Waals surface area contributed by atoms with Crippen molar-refractivity contribution in [3.8, 4) is 12.3 Å². The van der Waals surface area contributed by atoms with Gasteiger partial charge in [-0.2, -0.15) is 0 Å². The first-order valence-corrected chi connectivity index (χ1v) is 5.63. The van der Waals surface area contributed by atoms with Gasteiger partial charge in [0.2, 0.25) is 5.91 Å². The number of benzene rings is 1. The van der Waals surface area contributed by atoms with Crippen molar-refractivity contribution in [2.24, 2.45) is 0 Å². The van der Waals surface area contributed by atoms with Gasteiger partial charge in [-0.1, -0.05) is 35.7 Å². The Hall–Kier alpha value is -1.50. The van der Waals surface area contributed by atoms with Gasteiger partial charge in [-0.05, 0) is 18.7 Å². The van der Waals surface area contributed by atoms with Crippen LogP contribution in [0.5, 0.6) is 0 Å². The van der Waals surface area contributed by atoms with Crippen LogP contribution in [0.25, 0.3) is 0 Å². The fourth-order valence-electron chi connectivity index (χ4n) is 1.42. The van der Waals surface area contributed by atoms with Crippen molar-refractivity contribution in [3.05, 3.63) is 34.9 Å². The minimum Gasteiger partial charge on any atom is -0.344 e. The van der Waals surface area contributed by atoms with Crippen molar-refractivity contribution < 1.29 is 4.79 Å². The maximum absolute atomic E-state index is 11.4. The van der Waals surface area contributed by atoms with Crippen LogP contribution in [0, 0.1) is 12.3 Å². The number of nitrogens with zero attached hydrogens (tertiary/aromatic N) is 1. The number of hydrogen-bond acceptors (Lipinski definition) is 2. The number of carbonyl (C=O) groups is 1. The summed E-state index contributed by atoms with van der Waals surface area (Å²) < 4.78 is 0. The van der Waals surface area contributed by atoms with E-state index in [0.717, 1.165) is 5.56 Å². The van der Waals surface area contributed by atoms with E-state index in [1.165, 1.54) is 0 Å². The van der Waals surface area contributed by atoms with Gasteiger partial charge in [-0.3, -0.25) is 9.69 Å². The summed E-state index contributed by atoms with van der Waals surface area (Å²) in [5, 5.41) is 3.33. The van der Waals surface area contributed by atoms with Crippen LogP contribution in [0.4, 0.5) is 0 Å². The van der Waals surface area contributed by atoms with E-state index in [-0.39, 0.29) is 12.5 Å². The number of carbonyl (C=O) groups excluding carboxylic acids is 1. The molecule has 4 heteroatoms. The van der Waals surface area contributed by atoms with Gasteiger partial charge in [0.15, 0.2) is 0 Å². The Morgan fingerprint density at radius 1 is 1.53 bits per heavy atom. The Morgan fingerprint density at radius 2 is 2.24 bits per heavy atom. The smallest absolute Gasteiger partial charge is 0.234 e. The summed E-state index contributed by atoms with van der Waals surface area (Å²) >= 11 is 6.03. The van der Waals surface area contributed by atoms with E-state index in [1.807, 2.05) is 36.2 Å². The zero-order valence-corrected chi connectivity index (χ0v) is 10.5. The van der Waals surface area contributed by atoms with E-state index in [1.54, 1.807) is 0 Å². The molecular weight excluding hydrogens is 236 g/mol. The monoisotopic (exact) mass is 250 g/mol. The van der Waals surface area contributed by atoms with Crippen molar-refractivity contribution in [1.29, 1.82) is 0 Å². The lowest BCUT2D eigenvalue weighted by Crippen LogP contribution is -2.35. The van der Waals surface area contributed by atoms with Gasteiger partial charge in [0, 0.05) is 11.6 Å². The predicted molar refractivity (Wildman–Crippen MR) is 69.6 cm³/mol. The zero-order chi connectivity index (χ0) is 12.7. The molecule has 0 aliphatic heterocycles. The number of terminal acetylenes is 1. The molecule has 0 saturated carbocycles. The van der Waals surface area contributed by atoms with Crippen molar-refractivity contribution in [2.75, 3.05) is 20.1 Å². The molecule has 90 valence electrons.